The summed E-state index contributed by atoms with van der Waals surface area (Å²) in [5.41, 5.74) is 3.60. The zero-order chi connectivity index (χ0) is 18.8. The minimum absolute atomic E-state index is 0.0340. The van der Waals surface area contributed by atoms with Crippen molar-refractivity contribution in [3.05, 3.63) is 41.2 Å². The van der Waals surface area contributed by atoms with Crippen LogP contribution in [0.2, 0.25) is 0 Å². The van der Waals surface area contributed by atoms with Crippen LogP contribution in [0.15, 0.2) is 24.3 Å². The average Bonchev–Trinajstić information content (AvgIpc) is 2.91. The number of hydrogen-bond acceptors (Lipinski definition) is 5. The van der Waals surface area contributed by atoms with Crippen molar-refractivity contribution in [3.63, 3.8) is 0 Å². The zero-order valence-corrected chi connectivity index (χ0v) is 15.3. The summed E-state index contributed by atoms with van der Waals surface area (Å²) in [6.07, 6.45) is 1.04. The van der Waals surface area contributed by atoms with Crippen LogP contribution in [0.5, 0.6) is 5.75 Å². The maximum absolute atomic E-state index is 12.4. The second-order valence-electron chi connectivity index (χ2n) is 6.90. The molecule has 0 aliphatic carbocycles. The molecule has 2 amide bonds. The summed E-state index contributed by atoms with van der Waals surface area (Å²) >= 11 is 0. The van der Waals surface area contributed by atoms with E-state index in [1.54, 1.807) is 0 Å². The molecule has 0 unspecified atom stereocenters. The third-order valence-corrected chi connectivity index (χ3v) is 4.77. The SMILES string of the molecule is Cc1ccc2c(c1)N(CC(=O)NCc1cc3n(n1)CCCNC3)C(=O)CO2. The molecule has 3 heterocycles. The lowest BCUT2D eigenvalue weighted by atomic mass is 10.1. The van der Waals surface area contributed by atoms with E-state index in [1.165, 1.54) is 4.90 Å². The number of hydrogen-bond donors (Lipinski definition) is 2. The van der Waals surface area contributed by atoms with Crippen LogP contribution in [0, 0.1) is 6.92 Å². The number of fused-ring (bicyclic) bond motifs is 2. The van der Waals surface area contributed by atoms with Gasteiger partial charge in [0, 0.05) is 13.1 Å². The molecule has 0 atom stereocenters. The molecule has 2 aliphatic rings. The standard InChI is InChI=1S/C19H23N5O3/c1-13-3-4-17-16(7-13)23(19(26)12-27-17)11-18(25)21-9-14-8-15-10-20-5-2-6-24(15)22-14/h3-4,7-8,20H,2,5-6,9-12H2,1H3,(H,21,25). The van der Waals surface area contributed by atoms with Crippen molar-refractivity contribution in [2.45, 2.75) is 33.0 Å². The molecule has 0 fully saturated rings. The molecule has 1 aromatic carbocycles. The molecule has 0 saturated carbocycles. The van der Waals surface area contributed by atoms with E-state index in [-0.39, 0.29) is 25.0 Å². The van der Waals surface area contributed by atoms with Crippen molar-refractivity contribution >= 4 is 17.5 Å². The highest BCUT2D eigenvalue weighted by Gasteiger charge is 2.27. The van der Waals surface area contributed by atoms with Crippen molar-refractivity contribution < 1.29 is 14.3 Å². The van der Waals surface area contributed by atoms with Crippen LogP contribution in [-0.4, -0.2) is 41.3 Å². The fourth-order valence-corrected chi connectivity index (χ4v) is 3.38. The molecule has 0 bridgehead atoms. The molecule has 1 aromatic heterocycles. The molecular formula is C19H23N5O3. The van der Waals surface area contributed by atoms with Gasteiger partial charge in [0.2, 0.25) is 5.91 Å². The first-order valence-corrected chi connectivity index (χ1v) is 9.17. The molecule has 142 valence electrons. The Kier molecular flexibility index (Phi) is 4.81. The maximum Gasteiger partial charge on any atom is 0.265 e. The van der Waals surface area contributed by atoms with E-state index in [9.17, 15) is 9.59 Å². The highest BCUT2D eigenvalue weighted by atomic mass is 16.5. The number of amides is 2. The fraction of sp³-hybridized carbons (Fsp3) is 0.421. The fourth-order valence-electron chi connectivity index (χ4n) is 3.38. The Morgan fingerprint density at radius 1 is 1.37 bits per heavy atom. The lowest BCUT2D eigenvalue weighted by Crippen LogP contribution is -2.45. The normalized spacial score (nSPS) is 16.2. The number of carbonyl (C=O) groups is 2. The Morgan fingerprint density at radius 3 is 3.15 bits per heavy atom. The predicted molar refractivity (Wildman–Crippen MR) is 99.4 cm³/mol. The number of aryl methyl sites for hydroxylation is 2. The van der Waals surface area contributed by atoms with Gasteiger partial charge >= 0.3 is 0 Å². The van der Waals surface area contributed by atoms with E-state index in [2.05, 4.69) is 15.7 Å². The number of rotatable bonds is 4. The molecule has 0 saturated heterocycles. The first-order chi connectivity index (χ1) is 13.1. The van der Waals surface area contributed by atoms with Crippen LogP contribution >= 0.6 is 0 Å². The summed E-state index contributed by atoms with van der Waals surface area (Å²) in [6.45, 7) is 4.86. The minimum Gasteiger partial charge on any atom is -0.482 e. The van der Waals surface area contributed by atoms with Gasteiger partial charge in [-0.1, -0.05) is 6.07 Å². The van der Waals surface area contributed by atoms with Crippen molar-refractivity contribution in [2.75, 3.05) is 24.6 Å². The second kappa shape index (κ2) is 7.40. The topological polar surface area (TPSA) is 88.5 Å². The van der Waals surface area contributed by atoms with Crippen molar-refractivity contribution in [1.82, 2.24) is 20.4 Å². The zero-order valence-electron chi connectivity index (χ0n) is 15.3. The summed E-state index contributed by atoms with van der Waals surface area (Å²) < 4.78 is 7.44. The molecule has 0 spiro atoms. The van der Waals surface area contributed by atoms with Gasteiger partial charge in [-0.15, -0.1) is 0 Å². The molecule has 2 N–H and O–H groups in total. The number of nitrogens with one attached hydrogen (secondary N) is 2. The summed E-state index contributed by atoms with van der Waals surface area (Å²) in [6, 6.07) is 7.62. The number of nitrogens with zero attached hydrogens (tertiary/aromatic N) is 3. The highest BCUT2D eigenvalue weighted by Crippen LogP contribution is 2.32. The minimum atomic E-state index is -0.223. The lowest BCUT2D eigenvalue weighted by Gasteiger charge is -2.29. The third-order valence-electron chi connectivity index (χ3n) is 4.77. The van der Waals surface area contributed by atoms with Crippen molar-refractivity contribution in [1.29, 1.82) is 0 Å². The highest BCUT2D eigenvalue weighted by molar-refractivity contribution is 6.02. The van der Waals surface area contributed by atoms with Gasteiger partial charge in [0.05, 0.1) is 23.6 Å². The first-order valence-electron chi connectivity index (χ1n) is 9.17. The van der Waals surface area contributed by atoms with Gasteiger partial charge in [0.1, 0.15) is 12.3 Å². The number of anilines is 1. The van der Waals surface area contributed by atoms with Gasteiger partial charge in [-0.25, -0.2) is 0 Å². The van der Waals surface area contributed by atoms with E-state index in [1.807, 2.05) is 35.9 Å². The Hall–Kier alpha value is -2.87. The van der Waals surface area contributed by atoms with Crippen molar-refractivity contribution in [2.24, 2.45) is 0 Å². The molecule has 8 heteroatoms. The van der Waals surface area contributed by atoms with Gasteiger partial charge in [-0.3, -0.25) is 19.2 Å². The molecule has 27 heavy (non-hydrogen) atoms. The molecule has 0 radical (unpaired) electrons. The van der Waals surface area contributed by atoms with E-state index >= 15 is 0 Å². The van der Waals surface area contributed by atoms with Crippen LogP contribution in [0.3, 0.4) is 0 Å². The molecule has 8 nitrogen and oxygen atoms in total. The van der Waals surface area contributed by atoms with Crippen molar-refractivity contribution in [3.8, 4) is 5.75 Å². The summed E-state index contributed by atoms with van der Waals surface area (Å²) in [5, 5.41) is 10.8. The van der Waals surface area contributed by atoms with E-state index < -0.39 is 0 Å². The van der Waals surface area contributed by atoms with Crippen LogP contribution in [0.4, 0.5) is 5.69 Å². The summed E-state index contributed by atoms with van der Waals surface area (Å²) in [4.78, 5) is 26.2. The van der Waals surface area contributed by atoms with Gasteiger partial charge in [-0.05, 0) is 43.7 Å². The summed E-state index contributed by atoms with van der Waals surface area (Å²) in [5.74, 6) is 0.181. The number of ether oxygens (including phenoxy) is 1. The Labute approximate surface area is 157 Å². The smallest absolute Gasteiger partial charge is 0.265 e. The number of carbonyl (C=O) groups excluding carboxylic acids is 2. The lowest BCUT2D eigenvalue weighted by molar-refractivity contribution is -0.125. The summed E-state index contributed by atoms with van der Waals surface area (Å²) in [7, 11) is 0. The second-order valence-corrected chi connectivity index (χ2v) is 6.90. The number of benzene rings is 1. The Balaban J connectivity index is 1.40. The van der Waals surface area contributed by atoms with Gasteiger partial charge in [0.15, 0.2) is 6.61 Å². The van der Waals surface area contributed by atoms with Crippen LogP contribution in [-0.2, 0) is 29.2 Å². The van der Waals surface area contributed by atoms with Gasteiger partial charge in [-0.2, -0.15) is 5.10 Å². The van der Waals surface area contributed by atoms with Gasteiger partial charge < -0.3 is 15.4 Å². The monoisotopic (exact) mass is 369 g/mol. The quantitative estimate of drug-likeness (QED) is 0.829. The van der Waals surface area contributed by atoms with E-state index in [4.69, 9.17) is 4.74 Å². The number of aromatic nitrogens is 2. The van der Waals surface area contributed by atoms with E-state index in [0.29, 0.717) is 18.0 Å². The molecule has 2 aromatic rings. The maximum atomic E-state index is 12.4. The average molecular weight is 369 g/mol. The van der Waals surface area contributed by atoms with Crippen LogP contribution < -0.4 is 20.3 Å². The third kappa shape index (κ3) is 3.80. The predicted octanol–water partition coefficient (Wildman–Crippen LogP) is 0.727. The molecule has 2 aliphatic heterocycles. The Morgan fingerprint density at radius 2 is 2.26 bits per heavy atom. The van der Waals surface area contributed by atoms with Crippen LogP contribution in [0.1, 0.15) is 23.4 Å². The molecule has 4 rings (SSSR count). The first kappa shape index (κ1) is 17.5. The largest absolute Gasteiger partial charge is 0.482 e. The van der Waals surface area contributed by atoms with Crippen LogP contribution in [0.25, 0.3) is 0 Å². The van der Waals surface area contributed by atoms with E-state index in [0.717, 1.165) is 43.0 Å². The molecular weight excluding hydrogens is 346 g/mol. The van der Waals surface area contributed by atoms with Gasteiger partial charge in [0.25, 0.3) is 5.91 Å². The Bertz CT molecular complexity index is 853.